The van der Waals surface area contributed by atoms with Gasteiger partial charge in [0.2, 0.25) is 0 Å². The maximum atomic E-state index is 5.36. The maximum Gasteiger partial charge on any atom is 0.162 e. The second kappa shape index (κ2) is 12.1. The van der Waals surface area contributed by atoms with Gasteiger partial charge >= 0.3 is 0 Å². The van der Waals surface area contributed by atoms with E-state index in [1.54, 1.807) is 0 Å². The number of hydrogen-bond acceptors (Lipinski definition) is 2. The van der Waals surface area contributed by atoms with Gasteiger partial charge in [-0.15, -0.1) is 0 Å². The van der Waals surface area contributed by atoms with Crippen LogP contribution in [0.2, 0.25) is 0 Å². The van der Waals surface area contributed by atoms with Crippen LogP contribution in [0.25, 0.3) is 99.7 Å². The molecule has 0 saturated carbocycles. The number of para-hydroxylation sites is 4. The molecule has 0 aliphatic rings. The predicted octanol–water partition coefficient (Wildman–Crippen LogP) is 12.8. The SMILES string of the molecule is c1ccc(-c2cc(-c3ccc4ccccc4c3)nc(-c3ccccc3-n3c4ccccc4c4ccc5c(c6ccccc6n5-c5ccccc5)c43)n2)cc1. The minimum Gasteiger partial charge on any atom is -0.309 e. The molecular formula is C50H32N4. The lowest BCUT2D eigenvalue weighted by molar-refractivity contribution is 1.14. The molecular weight excluding hydrogens is 657 g/mol. The van der Waals surface area contributed by atoms with Crippen LogP contribution in [0.1, 0.15) is 0 Å². The smallest absolute Gasteiger partial charge is 0.162 e. The molecule has 11 rings (SSSR count). The zero-order chi connectivity index (χ0) is 35.6. The summed E-state index contributed by atoms with van der Waals surface area (Å²) in [5, 5.41) is 7.23. The quantitative estimate of drug-likeness (QED) is 0.180. The summed E-state index contributed by atoms with van der Waals surface area (Å²) in [6, 6.07) is 68.9. The highest BCUT2D eigenvalue weighted by atomic mass is 15.0. The number of nitrogens with zero attached hydrogens (tertiary/aromatic N) is 4. The van der Waals surface area contributed by atoms with Crippen LogP contribution in [0.15, 0.2) is 194 Å². The van der Waals surface area contributed by atoms with Crippen LogP contribution in [-0.2, 0) is 0 Å². The fourth-order valence-corrected chi connectivity index (χ4v) is 8.29. The van der Waals surface area contributed by atoms with Crippen LogP contribution in [-0.4, -0.2) is 19.1 Å². The summed E-state index contributed by atoms with van der Waals surface area (Å²) in [7, 11) is 0. The minimum absolute atomic E-state index is 0.680. The molecule has 252 valence electrons. The molecule has 3 aromatic heterocycles. The molecule has 0 fully saturated rings. The first-order valence-corrected chi connectivity index (χ1v) is 18.3. The van der Waals surface area contributed by atoms with E-state index in [4.69, 9.17) is 9.97 Å². The van der Waals surface area contributed by atoms with Crippen molar-refractivity contribution in [2.24, 2.45) is 0 Å². The van der Waals surface area contributed by atoms with E-state index >= 15 is 0 Å². The van der Waals surface area contributed by atoms with Crippen LogP contribution in [0.3, 0.4) is 0 Å². The third-order valence-electron chi connectivity index (χ3n) is 10.7. The van der Waals surface area contributed by atoms with Crippen molar-refractivity contribution in [2.45, 2.75) is 0 Å². The van der Waals surface area contributed by atoms with Gasteiger partial charge < -0.3 is 9.13 Å². The zero-order valence-electron chi connectivity index (χ0n) is 29.3. The Kier molecular flexibility index (Phi) is 6.82. The Morgan fingerprint density at radius 1 is 0.370 bits per heavy atom. The summed E-state index contributed by atoms with van der Waals surface area (Å²) in [6.45, 7) is 0. The molecule has 11 aromatic rings. The monoisotopic (exact) mass is 688 g/mol. The van der Waals surface area contributed by atoms with Crippen LogP contribution >= 0.6 is 0 Å². The van der Waals surface area contributed by atoms with E-state index in [9.17, 15) is 0 Å². The maximum absolute atomic E-state index is 5.36. The molecule has 0 saturated heterocycles. The van der Waals surface area contributed by atoms with Crippen molar-refractivity contribution in [1.82, 2.24) is 19.1 Å². The Balaban J connectivity index is 1.23. The molecule has 4 heteroatoms. The van der Waals surface area contributed by atoms with E-state index in [1.807, 2.05) is 6.07 Å². The van der Waals surface area contributed by atoms with Crippen LogP contribution in [0.5, 0.6) is 0 Å². The van der Waals surface area contributed by atoms with Gasteiger partial charge in [0.25, 0.3) is 0 Å². The molecule has 4 nitrogen and oxygen atoms in total. The second-order valence-corrected chi connectivity index (χ2v) is 13.8. The summed E-state index contributed by atoms with van der Waals surface area (Å²) in [6.07, 6.45) is 0. The van der Waals surface area contributed by atoms with Gasteiger partial charge in [0.15, 0.2) is 5.82 Å². The molecule has 0 unspecified atom stereocenters. The highest BCUT2D eigenvalue weighted by Crippen LogP contribution is 2.43. The van der Waals surface area contributed by atoms with Crippen molar-refractivity contribution < 1.29 is 0 Å². The molecule has 0 spiro atoms. The lowest BCUT2D eigenvalue weighted by Crippen LogP contribution is -2.02. The topological polar surface area (TPSA) is 35.6 Å². The highest BCUT2D eigenvalue weighted by Gasteiger charge is 2.23. The van der Waals surface area contributed by atoms with E-state index in [-0.39, 0.29) is 0 Å². The Hall–Kier alpha value is -7.30. The van der Waals surface area contributed by atoms with Gasteiger partial charge in [0.1, 0.15) is 0 Å². The third-order valence-corrected chi connectivity index (χ3v) is 10.7. The molecule has 0 aliphatic heterocycles. The number of hydrogen-bond donors (Lipinski definition) is 0. The second-order valence-electron chi connectivity index (χ2n) is 13.8. The molecule has 3 heterocycles. The molecule has 0 N–H and O–H groups in total. The predicted molar refractivity (Wildman–Crippen MR) is 225 cm³/mol. The van der Waals surface area contributed by atoms with Crippen LogP contribution in [0.4, 0.5) is 0 Å². The standard InChI is InChI=1S/C50H32N4/c1-3-16-34(17-4-1)42-32-43(36-28-27-33-15-7-8-18-35(33)31-36)52-50(51-42)41-23-11-14-26-46(41)54-44-24-12-9-21-38(44)39-29-30-47-48(49(39)54)40-22-10-13-25-45(40)53(47)37-19-5-2-6-20-37/h1-32H. The summed E-state index contributed by atoms with van der Waals surface area (Å²) in [5.41, 5.74) is 11.6. The number of aromatic nitrogens is 4. The Morgan fingerprint density at radius 2 is 1.00 bits per heavy atom. The van der Waals surface area contributed by atoms with E-state index < -0.39 is 0 Å². The molecule has 0 atom stereocenters. The van der Waals surface area contributed by atoms with Crippen molar-refractivity contribution in [3.63, 3.8) is 0 Å². The van der Waals surface area contributed by atoms with Gasteiger partial charge in [-0.1, -0.05) is 140 Å². The zero-order valence-corrected chi connectivity index (χ0v) is 29.3. The third kappa shape index (κ3) is 4.70. The summed E-state index contributed by atoms with van der Waals surface area (Å²) < 4.78 is 4.83. The summed E-state index contributed by atoms with van der Waals surface area (Å²) in [5.74, 6) is 0.680. The van der Waals surface area contributed by atoms with Crippen molar-refractivity contribution in [3.05, 3.63) is 194 Å². The van der Waals surface area contributed by atoms with E-state index in [0.717, 1.165) is 50.5 Å². The number of benzene rings is 8. The van der Waals surface area contributed by atoms with Gasteiger partial charge in [-0.2, -0.15) is 0 Å². The van der Waals surface area contributed by atoms with Crippen molar-refractivity contribution >= 4 is 54.4 Å². The van der Waals surface area contributed by atoms with Crippen molar-refractivity contribution in [2.75, 3.05) is 0 Å². The van der Waals surface area contributed by atoms with Gasteiger partial charge in [-0.25, -0.2) is 9.97 Å². The first-order chi connectivity index (χ1) is 26.8. The van der Waals surface area contributed by atoms with Gasteiger partial charge in [0.05, 0.1) is 39.1 Å². The largest absolute Gasteiger partial charge is 0.309 e. The normalized spacial score (nSPS) is 11.7. The lowest BCUT2D eigenvalue weighted by Gasteiger charge is -2.15. The average Bonchev–Trinajstić information content (AvgIpc) is 3.77. The number of rotatable bonds is 5. The first-order valence-electron chi connectivity index (χ1n) is 18.3. The van der Waals surface area contributed by atoms with Crippen molar-refractivity contribution in [3.8, 4) is 45.3 Å². The molecule has 0 amide bonds. The van der Waals surface area contributed by atoms with Crippen LogP contribution in [0, 0.1) is 0 Å². The molecule has 54 heavy (non-hydrogen) atoms. The average molecular weight is 689 g/mol. The molecule has 0 aliphatic carbocycles. The minimum atomic E-state index is 0.680. The fourth-order valence-electron chi connectivity index (χ4n) is 8.29. The molecule has 0 bridgehead atoms. The van der Waals surface area contributed by atoms with Crippen molar-refractivity contribution in [1.29, 1.82) is 0 Å². The summed E-state index contributed by atoms with van der Waals surface area (Å²) in [4.78, 5) is 10.7. The molecule has 0 radical (unpaired) electrons. The highest BCUT2D eigenvalue weighted by molar-refractivity contribution is 6.26. The molecule has 8 aromatic carbocycles. The Labute approximate surface area is 311 Å². The fraction of sp³-hybridized carbons (Fsp3) is 0. The Morgan fingerprint density at radius 3 is 1.81 bits per heavy atom. The lowest BCUT2D eigenvalue weighted by atomic mass is 10.0. The number of fused-ring (bicyclic) bond motifs is 8. The van der Waals surface area contributed by atoms with E-state index in [2.05, 4.69) is 197 Å². The Bertz CT molecular complexity index is 3210. The van der Waals surface area contributed by atoms with Gasteiger partial charge in [-0.05, 0) is 65.4 Å². The van der Waals surface area contributed by atoms with Gasteiger partial charge in [-0.3, -0.25) is 0 Å². The van der Waals surface area contributed by atoms with E-state index in [1.165, 1.54) is 43.4 Å². The summed E-state index contributed by atoms with van der Waals surface area (Å²) >= 11 is 0. The van der Waals surface area contributed by atoms with E-state index in [0.29, 0.717) is 5.82 Å². The van der Waals surface area contributed by atoms with Gasteiger partial charge in [0, 0.05) is 43.9 Å². The van der Waals surface area contributed by atoms with Crippen LogP contribution < -0.4 is 0 Å². The first kappa shape index (κ1) is 30.3.